The van der Waals surface area contributed by atoms with Crippen molar-refractivity contribution in [2.45, 2.75) is 26.8 Å². The van der Waals surface area contributed by atoms with E-state index >= 15 is 0 Å². The maximum Gasteiger partial charge on any atom is 0.243 e. The first kappa shape index (κ1) is 16.4. The van der Waals surface area contributed by atoms with Gasteiger partial charge in [0.1, 0.15) is 6.42 Å². The topological polar surface area (TPSA) is 82.0 Å². The van der Waals surface area contributed by atoms with Crippen LogP contribution in [0.15, 0.2) is 36.4 Å². The number of amides is 2. The third-order valence-electron chi connectivity index (χ3n) is 2.58. The van der Waals surface area contributed by atoms with Crippen LogP contribution >= 0.6 is 0 Å². The Hall–Kier alpha value is -2.61. The number of carbonyl (C=O) groups is 2. The molecule has 0 bridgehead atoms. The lowest BCUT2D eigenvalue weighted by atomic mass is 10.2. The molecule has 0 aliphatic heterocycles. The Bertz CT molecular complexity index is 554. The molecular formula is C16H19N3O2. The van der Waals surface area contributed by atoms with Crippen molar-refractivity contribution in [3.05, 3.63) is 42.0 Å². The Morgan fingerprint density at radius 2 is 1.95 bits per heavy atom. The minimum Gasteiger partial charge on any atom is -0.348 e. The zero-order valence-corrected chi connectivity index (χ0v) is 12.2. The molecule has 0 radical (unpaired) electrons. The molecule has 0 saturated heterocycles. The lowest BCUT2D eigenvalue weighted by Gasteiger charge is -2.06. The molecule has 0 fully saturated rings. The predicted molar refractivity (Wildman–Crippen MR) is 81.1 cm³/mol. The molecule has 1 aromatic rings. The first-order valence-electron chi connectivity index (χ1n) is 6.73. The Morgan fingerprint density at radius 1 is 1.29 bits per heavy atom. The van der Waals surface area contributed by atoms with Gasteiger partial charge in [0, 0.05) is 12.2 Å². The van der Waals surface area contributed by atoms with E-state index < -0.39 is 0 Å². The highest BCUT2D eigenvalue weighted by atomic mass is 16.2. The number of hydrogen-bond acceptors (Lipinski definition) is 3. The minimum atomic E-state index is -0.336. The second-order valence-electron chi connectivity index (χ2n) is 4.90. The zero-order chi connectivity index (χ0) is 15.7. The highest BCUT2D eigenvalue weighted by Crippen LogP contribution is 2.09. The summed E-state index contributed by atoms with van der Waals surface area (Å²) in [5.41, 5.74) is 1.56. The maximum absolute atomic E-state index is 11.5. The van der Waals surface area contributed by atoms with E-state index in [9.17, 15) is 9.59 Å². The lowest BCUT2D eigenvalue weighted by Crippen LogP contribution is -2.20. The second kappa shape index (κ2) is 8.54. The van der Waals surface area contributed by atoms with Crippen LogP contribution in [0, 0.1) is 17.2 Å². The van der Waals surface area contributed by atoms with Crippen molar-refractivity contribution in [3.63, 3.8) is 0 Å². The fourth-order valence-corrected chi connectivity index (χ4v) is 1.51. The van der Waals surface area contributed by atoms with Gasteiger partial charge in [0.15, 0.2) is 0 Å². The van der Waals surface area contributed by atoms with Crippen molar-refractivity contribution < 1.29 is 9.59 Å². The predicted octanol–water partition coefficient (Wildman–Crippen LogP) is 2.37. The number of hydrogen-bond donors (Lipinski definition) is 2. The average Bonchev–Trinajstić information content (AvgIpc) is 2.44. The van der Waals surface area contributed by atoms with E-state index in [1.54, 1.807) is 18.2 Å². The van der Waals surface area contributed by atoms with Crippen LogP contribution in [0.2, 0.25) is 0 Å². The van der Waals surface area contributed by atoms with Crippen LogP contribution in [0.5, 0.6) is 0 Å². The van der Waals surface area contributed by atoms with Crippen molar-refractivity contribution in [2.24, 2.45) is 5.92 Å². The van der Waals surface area contributed by atoms with Gasteiger partial charge in [0.2, 0.25) is 11.8 Å². The maximum atomic E-state index is 11.5. The van der Waals surface area contributed by atoms with Gasteiger partial charge in [-0.1, -0.05) is 32.1 Å². The molecule has 0 saturated carbocycles. The molecule has 2 amide bonds. The number of carbonyl (C=O) groups excluding carboxylic acids is 2. The molecule has 0 aliphatic rings. The van der Waals surface area contributed by atoms with Gasteiger partial charge in [-0.15, -0.1) is 0 Å². The van der Waals surface area contributed by atoms with Crippen LogP contribution in [-0.4, -0.2) is 11.8 Å². The Labute approximate surface area is 124 Å². The van der Waals surface area contributed by atoms with Crippen molar-refractivity contribution >= 4 is 17.5 Å². The first-order chi connectivity index (χ1) is 10.0. The molecule has 0 unspecified atom stereocenters. The molecule has 1 aromatic carbocycles. The van der Waals surface area contributed by atoms with Gasteiger partial charge in [0.25, 0.3) is 0 Å². The summed E-state index contributed by atoms with van der Waals surface area (Å²) >= 11 is 0. The number of benzene rings is 1. The molecule has 2 N–H and O–H groups in total. The number of nitrogens with zero attached hydrogens (tertiary/aromatic N) is 1. The summed E-state index contributed by atoms with van der Waals surface area (Å²) < 4.78 is 0. The van der Waals surface area contributed by atoms with E-state index in [4.69, 9.17) is 5.26 Å². The third kappa shape index (κ3) is 6.92. The van der Waals surface area contributed by atoms with Crippen LogP contribution in [0.4, 0.5) is 5.69 Å². The monoisotopic (exact) mass is 285 g/mol. The standard InChI is InChI=1S/C16H19N3O2/c1-12(2)3-8-15(20)18-11-13-4-6-14(7-5-13)19-16(21)9-10-17/h3-8,12H,9,11H2,1-2H3,(H,18,20)(H,19,21)/b8-3+. The van der Waals surface area contributed by atoms with E-state index in [2.05, 4.69) is 10.6 Å². The second-order valence-corrected chi connectivity index (χ2v) is 4.90. The summed E-state index contributed by atoms with van der Waals surface area (Å²) in [5, 5.41) is 13.8. The molecule has 5 heteroatoms. The van der Waals surface area contributed by atoms with E-state index in [-0.39, 0.29) is 18.2 Å². The number of anilines is 1. The molecule has 110 valence electrons. The number of rotatable bonds is 6. The minimum absolute atomic E-state index is 0.130. The Balaban J connectivity index is 2.46. The summed E-state index contributed by atoms with van der Waals surface area (Å²) in [6.45, 7) is 4.43. The zero-order valence-electron chi connectivity index (χ0n) is 12.2. The van der Waals surface area contributed by atoms with Crippen molar-refractivity contribution in [1.29, 1.82) is 5.26 Å². The lowest BCUT2D eigenvalue weighted by molar-refractivity contribution is -0.117. The molecule has 0 heterocycles. The highest BCUT2D eigenvalue weighted by molar-refractivity contribution is 5.92. The fraction of sp³-hybridized carbons (Fsp3) is 0.312. The molecular weight excluding hydrogens is 266 g/mol. The quantitative estimate of drug-likeness (QED) is 0.787. The summed E-state index contributed by atoms with van der Waals surface area (Å²) in [5.74, 6) is -0.125. The van der Waals surface area contributed by atoms with Crippen LogP contribution in [0.25, 0.3) is 0 Å². The Morgan fingerprint density at radius 3 is 2.52 bits per heavy atom. The normalized spacial score (nSPS) is 10.4. The van der Waals surface area contributed by atoms with Crippen LogP contribution in [0.3, 0.4) is 0 Å². The van der Waals surface area contributed by atoms with Gasteiger partial charge in [-0.05, 0) is 29.7 Å². The van der Waals surface area contributed by atoms with Crippen molar-refractivity contribution in [1.82, 2.24) is 5.32 Å². The molecule has 0 aromatic heterocycles. The summed E-state index contributed by atoms with van der Waals surface area (Å²) in [6.07, 6.45) is 3.20. The van der Waals surface area contributed by atoms with Crippen LogP contribution in [0.1, 0.15) is 25.8 Å². The van der Waals surface area contributed by atoms with Gasteiger partial charge in [-0.25, -0.2) is 0 Å². The molecule has 1 rings (SSSR count). The van der Waals surface area contributed by atoms with Crippen LogP contribution < -0.4 is 10.6 Å². The summed E-state index contributed by atoms with van der Waals surface area (Å²) in [6, 6.07) is 8.89. The van der Waals surface area contributed by atoms with Gasteiger partial charge >= 0.3 is 0 Å². The van der Waals surface area contributed by atoms with Crippen molar-refractivity contribution in [2.75, 3.05) is 5.32 Å². The van der Waals surface area contributed by atoms with E-state index in [1.165, 1.54) is 6.08 Å². The van der Waals surface area contributed by atoms with Gasteiger partial charge in [0.05, 0.1) is 6.07 Å². The number of allylic oxidation sites excluding steroid dienone is 1. The van der Waals surface area contributed by atoms with Gasteiger partial charge < -0.3 is 10.6 Å². The largest absolute Gasteiger partial charge is 0.348 e. The molecule has 0 spiro atoms. The summed E-state index contributed by atoms with van der Waals surface area (Å²) in [7, 11) is 0. The average molecular weight is 285 g/mol. The molecule has 0 atom stereocenters. The molecule has 0 aliphatic carbocycles. The molecule has 5 nitrogen and oxygen atoms in total. The SMILES string of the molecule is CC(C)/C=C/C(=O)NCc1ccc(NC(=O)CC#N)cc1. The highest BCUT2D eigenvalue weighted by Gasteiger charge is 2.02. The first-order valence-corrected chi connectivity index (χ1v) is 6.73. The summed E-state index contributed by atoms with van der Waals surface area (Å²) in [4.78, 5) is 22.8. The van der Waals surface area contributed by atoms with E-state index in [1.807, 2.05) is 32.1 Å². The van der Waals surface area contributed by atoms with E-state index in [0.717, 1.165) is 5.56 Å². The van der Waals surface area contributed by atoms with Gasteiger partial charge in [-0.2, -0.15) is 5.26 Å². The fourth-order valence-electron chi connectivity index (χ4n) is 1.51. The van der Waals surface area contributed by atoms with Crippen molar-refractivity contribution in [3.8, 4) is 6.07 Å². The van der Waals surface area contributed by atoms with E-state index in [0.29, 0.717) is 18.2 Å². The smallest absolute Gasteiger partial charge is 0.243 e. The number of nitrogens with one attached hydrogen (secondary N) is 2. The Kier molecular flexibility index (Phi) is 6.69. The third-order valence-corrected chi connectivity index (χ3v) is 2.58. The van der Waals surface area contributed by atoms with Gasteiger partial charge in [-0.3, -0.25) is 9.59 Å². The number of nitriles is 1. The van der Waals surface area contributed by atoms with Crippen LogP contribution in [-0.2, 0) is 16.1 Å². The molecule has 21 heavy (non-hydrogen) atoms.